The Bertz CT molecular complexity index is 1410. The van der Waals surface area contributed by atoms with E-state index in [4.69, 9.17) is 19.6 Å². The summed E-state index contributed by atoms with van der Waals surface area (Å²) in [7, 11) is 1.62. The summed E-state index contributed by atoms with van der Waals surface area (Å²) >= 11 is 1.29. The summed E-state index contributed by atoms with van der Waals surface area (Å²) in [5, 5.41) is 15.6. The second-order valence-corrected chi connectivity index (χ2v) is 9.19. The average Bonchev–Trinajstić information content (AvgIpc) is 3.34. The minimum atomic E-state index is -0.458. The lowest BCUT2D eigenvalue weighted by Crippen LogP contribution is -2.35. The number of thioether (sulfide) groups is 1. The van der Waals surface area contributed by atoms with Gasteiger partial charge in [-0.2, -0.15) is 15.1 Å². The zero-order chi connectivity index (χ0) is 25.8. The number of amides is 1. The highest BCUT2D eigenvalue weighted by Crippen LogP contribution is 2.31. The number of rotatable bonds is 8. The predicted octanol–water partition coefficient (Wildman–Crippen LogP) is 5.13. The number of ether oxygens (including phenoxy) is 3. The van der Waals surface area contributed by atoms with Gasteiger partial charge in [-0.1, -0.05) is 42.0 Å². The van der Waals surface area contributed by atoms with Crippen molar-refractivity contribution in [1.82, 2.24) is 5.01 Å². The molecule has 186 valence electrons. The molecule has 2 aliphatic rings. The molecule has 1 amide bonds. The third-order valence-corrected chi connectivity index (χ3v) is 6.58. The zero-order valence-corrected chi connectivity index (χ0v) is 21.1. The number of carbonyl (C=O) groups excluding carboxylic acids is 1. The Balaban J connectivity index is 1.20. The molecule has 1 N–H and O–H groups in total. The van der Waals surface area contributed by atoms with Gasteiger partial charge in [-0.25, -0.2) is 0 Å². The monoisotopic (exact) mass is 512 g/mol. The Hall–Kier alpha value is -4.37. The number of aryl methyl sites for hydroxylation is 1. The van der Waals surface area contributed by atoms with Crippen molar-refractivity contribution in [3.05, 3.63) is 95.1 Å². The van der Waals surface area contributed by atoms with Gasteiger partial charge in [0.05, 0.1) is 12.7 Å². The van der Waals surface area contributed by atoms with Gasteiger partial charge in [0.2, 0.25) is 5.17 Å². The van der Waals surface area contributed by atoms with Crippen LogP contribution in [-0.4, -0.2) is 47.3 Å². The molecule has 0 spiro atoms. The number of hydrogen-bond donors (Lipinski definition) is 1. The highest BCUT2D eigenvalue weighted by atomic mass is 32.2. The largest absolute Gasteiger partial charge is 0.497 e. The fourth-order valence-corrected chi connectivity index (χ4v) is 4.52. The lowest BCUT2D eigenvalue weighted by Gasteiger charge is -2.20. The van der Waals surface area contributed by atoms with Crippen LogP contribution in [0, 0.1) is 12.3 Å². The fraction of sp³-hybridized carbons (Fsp3) is 0.143. The quantitative estimate of drug-likeness (QED) is 0.332. The van der Waals surface area contributed by atoms with E-state index in [9.17, 15) is 4.79 Å². The van der Waals surface area contributed by atoms with Crippen LogP contribution in [0.5, 0.6) is 17.2 Å². The highest BCUT2D eigenvalue weighted by molar-refractivity contribution is 8.27. The van der Waals surface area contributed by atoms with Gasteiger partial charge in [0, 0.05) is 5.56 Å². The molecule has 5 rings (SSSR count). The molecule has 3 aromatic carbocycles. The first kappa shape index (κ1) is 24.3. The number of nitrogens with one attached hydrogen (secondary N) is 1. The molecule has 0 aromatic heterocycles. The van der Waals surface area contributed by atoms with Crippen LogP contribution in [0.1, 0.15) is 16.7 Å². The molecule has 0 saturated heterocycles. The normalized spacial score (nSPS) is 15.8. The number of hydrogen-bond acceptors (Lipinski definition) is 7. The van der Waals surface area contributed by atoms with Crippen molar-refractivity contribution >= 4 is 39.8 Å². The molecule has 0 radical (unpaired) electrons. The smallest absolute Gasteiger partial charge is 0.283 e. The summed E-state index contributed by atoms with van der Waals surface area (Å²) in [5.41, 5.74) is 3.00. The Labute approximate surface area is 218 Å². The maximum atomic E-state index is 12.7. The van der Waals surface area contributed by atoms with Crippen LogP contribution >= 0.6 is 11.8 Å². The lowest BCUT2D eigenvalue weighted by molar-refractivity contribution is -0.114. The Morgan fingerprint density at radius 2 is 1.49 bits per heavy atom. The number of fused-ring (bicyclic) bond motifs is 1. The number of carbonyl (C=O) groups is 1. The van der Waals surface area contributed by atoms with Crippen molar-refractivity contribution in [3.8, 4) is 17.2 Å². The fourth-order valence-electron chi connectivity index (χ4n) is 3.62. The lowest BCUT2D eigenvalue weighted by atomic mass is 10.1. The first-order chi connectivity index (χ1) is 18.0. The molecule has 2 heterocycles. The number of aliphatic imine (C=N–C) groups is 1. The van der Waals surface area contributed by atoms with Crippen LogP contribution in [0.2, 0.25) is 0 Å². The van der Waals surface area contributed by atoms with Crippen molar-refractivity contribution in [2.75, 3.05) is 20.3 Å². The topological polar surface area (TPSA) is 96.6 Å². The van der Waals surface area contributed by atoms with Gasteiger partial charge in [-0.15, -0.1) is 0 Å². The van der Waals surface area contributed by atoms with Crippen LogP contribution in [0.4, 0.5) is 0 Å². The van der Waals surface area contributed by atoms with E-state index in [1.54, 1.807) is 13.2 Å². The molecule has 0 aliphatic carbocycles. The number of hydrazone groups is 1. The van der Waals surface area contributed by atoms with Crippen molar-refractivity contribution in [3.63, 3.8) is 0 Å². The summed E-state index contributed by atoms with van der Waals surface area (Å²) in [6, 6.07) is 22.6. The second-order valence-electron chi connectivity index (χ2n) is 8.23. The van der Waals surface area contributed by atoms with Crippen LogP contribution in [-0.2, 0) is 4.79 Å². The first-order valence-electron chi connectivity index (χ1n) is 11.6. The van der Waals surface area contributed by atoms with Gasteiger partial charge in [-0.3, -0.25) is 10.2 Å². The molecule has 37 heavy (non-hydrogen) atoms. The zero-order valence-electron chi connectivity index (χ0n) is 20.3. The van der Waals surface area contributed by atoms with Crippen molar-refractivity contribution in [2.24, 2.45) is 10.1 Å². The number of methoxy groups -OCH3 is 1. The summed E-state index contributed by atoms with van der Waals surface area (Å²) in [6.45, 7) is 2.79. The molecule has 3 aromatic rings. The molecule has 0 fully saturated rings. The third kappa shape index (κ3) is 5.57. The van der Waals surface area contributed by atoms with Gasteiger partial charge in [0.1, 0.15) is 35.5 Å². The van der Waals surface area contributed by atoms with E-state index < -0.39 is 5.91 Å². The SMILES string of the molecule is COc1ccc(OCCOc2ccc(/C=C3/C(=N)N4N=C(c5ccc(C)cc5)SC4=NC3=O)cc2)cc1. The Kier molecular flexibility index (Phi) is 7.04. The summed E-state index contributed by atoms with van der Waals surface area (Å²) < 4.78 is 16.6. The Morgan fingerprint density at radius 1 is 0.892 bits per heavy atom. The predicted molar refractivity (Wildman–Crippen MR) is 146 cm³/mol. The molecular formula is C28H24N4O4S. The maximum Gasteiger partial charge on any atom is 0.283 e. The van der Waals surface area contributed by atoms with E-state index in [0.29, 0.717) is 29.2 Å². The Morgan fingerprint density at radius 3 is 2.11 bits per heavy atom. The van der Waals surface area contributed by atoms with Crippen LogP contribution in [0.3, 0.4) is 0 Å². The number of amidine groups is 2. The molecule has 0 atom stereocenters. The van der Waals surface area contributed by atoms with Gasteiger partial charge in [0.15, 0.2) is 5.84 Å². The van der Waals surface area contributed by atoms with Crippen LogP contribution in [0.25, 0.3) is 6.08 Å². The molecule has 0 bridgehead atoms. The average molecular weight is 513 g/mol. The van der Waals surface area contributed by atoms with E-state index in [-0.39, 0.29) is 11.4 Å². The summed E-state index contributed by atoms with van der Waals surface area (Å²) in [5.74, 6) is 1.73. The minimum Gasteiger partial charge on any atom is -0.497 e. The van der Waals surface area contributed by atoms with E-state index in [0.717, 1.165) is 28.2 Å². The highest BCUT2D eigenvalue weighted by Gasteiger charge is 2.36. The first-order valence-corrected chi connectivity index (χ1v) is 12.4. The molecule has 2 aliphatic heterocycles. The minimum absolute atomic E-state index is 0.000573. The molecular weight excluding hydrogens is 488 g/mol. The van der Waals surface area contributed by atoms with Crippen molar-refractivity contribution < 1.29 is 19.0 Å². The number of benzene rings is 3. The number of nitrogens with zero attached hydrogens (tertiary/aromatic N) is 3. The van der Waals surface area contributed by atoms with E-state index in [2.05, 4.69) is 10.1 Å². The van der Waals surface area contributed by atoms with Gasteiger partial charge in [-0.05, 0) is 66.7 Å². The summed E-state index contributed by atoms with van der Waals surface area (Å²) in [4.78, 5) is 16.9. The van der Waals surface area contributed by atoms with E-state index in [1.165, 1.54) is 16.8 Å². The molecule has 0 unspecified atom stereocenters. The van der Waals surface area contributed by atoms with E-state index >= 15 is 0 Å². The second kappa shape index (κ2) is 10.7. The van der Waals surface area contributed by atoms with Crippen LogP contribution in [0.15, 0.2) is 88.5 Å². The van der Waals surface area contributed by atoms with Crippen molar-refractivity contribution in [2.45, 2.75) is 6.92 Å². The molecule has 8 nitrogen and oxygen atoms in total. The van der Waals surface area contributed by atoms with Gasteiger partial charge >= 0.3 is 0 Å². The molecule has 9 heteroatoms. The van der Waals surface area contributed by atoms with Gasteiger partial charge in [0.25, 0.3) is 5.91 Å². The van der Waals surface area contributed by atoms with Crippen molar-refractivity contribution in [1.29, 1.82) is 5.41 Å². The third-order valence-electron chi connectivity index (χ3n) is 5.62. The maximum absolute atomic E-state index is 12.7. The summed E-state index contributed by atoms with van der Waals surface area (Å²) in [6.07, 6.45) is 1.64. The van der Waals surface area contributed by atoms with E-state index in [1.807, 2.05) is 79.7 Å². The van der Waals surface area contributed by atoms with Crippen LogP contribution < -0.4 is 14.2 Å². The molecule has 0 saturated carbocycles. The standard InChI is InChI=1S/C28H24N4O4S/c1-18-3-7-20(8-4-18)27-31-32-25(29)24(26(33)30-28(32)37-27)17-19-5-9-22(10-6-19)35-15-16-36-23-13-11-21(34-2)12-14-23/h3-14,17,29H,15-16H2,1-2H3/b24-17-,29-25?. The van der Waals surface area contributed by atoms with Gasteiger partial charge < -0.3 is 14.2 Å².